The Bertz CT molecular complexity index is 1740. The van der Waals surface area contributed by atoms with Crippen LogP contribution in [-0.4, -0.2) is 81.4 Å². The molecule has 0 radical (unpaired) electrons. The van der Waals surface area contributed by atoms with Gasteiger partial charge in [0.25, 0.3) is 0 Å². The quantitative estimate of drug-likeness (QED) is 0.359. The topological polar surface area (TPSA) is 79.3 Å². The Labute approximate surface area is 242 Å². The first-order chi connectivity index (χ1) is 20.5. The summed E-state index contributed by atoms with van der Waals surface area (Å²) in [6.45, 7) is 3.07. The van der Waals surface area contributed by atoms with Crippen molar-refractivity contribution in [3.05, 3.63) is 48.2 Å². The number of alkyl halides is 1. The van der Waals surface area contributed by atoms with Crippen LogP contribution in [0, 0.1) is 18.2 Å². The Morgan fingerprint density at radius 3 is 2.81 bits per heavy atom. The van der Waals surface area contributed by atoms with Gasteiger partial charge in [0, 0.05) is 78.6 Å². The number of hydrogen-bond acceptors (Lipinski definition) is 8. The molecule has 214 valence electrons. The van der Waals surface area contributed by atoms with Crippen LogP contribution in [0.4, 0.5) is 14.6 Å². The van der Waals surface area contributed by atoms with Gasteiger partial charge in [0.05, 0.1) is 10.9 Å². The molecule has 4 fully saturated rings. The second-order valence-electron chi connectivity index (χ2n) is 12.2. The fourth-order valence-corrected chi connectivity index (χ4v) is 7.67. The lowest BCUT2D eigenvalue weighted by Gasteiger charge is -2.34. The van der Waals surface area contributed by atoms with Crippen LogP contribution in [-0.2, 0) is 0 Å². The maximum Gasteiger partial charge on any atom is 0.319 e. The van der Waals surface area contributed by atoms with Gasteiger partial charge in [-0.25, -0.2) is 8.78 Å². The van der Waals surface area contributed by atoms with Gasteiger partial charge in [0.15, 0.2) is 5.82 Å². The number of aromatic nitrogens is 4. The average Bonchev–Trinajstić information content (AvgIpc) is 3.65. The van der Waals surface area contributed by atoms with Crippen molar-refractivity contribution in [3.63, 3.8) is 0 Å². The summed E-state index contributed by atoms with van der Waals surface area (Å²) in [7, 11) is 0. The zero-order chi connectivity index (χ0) is 28.4. The molecule has 3 aromatic heterocycles. The molecule has 2 bridgehead atoms. The molecular formula is C32H31F2N7O. The number of rotatable bonds is 5. The molecule has 10 heteroatoms. The molecule has 8 nitrogen and oxygen atoms in total. The third-order valence-corrected chi connectivity index (χ3v) is 9.58. The molecule has 4 atom stereocenters. The minimum Gasteiger partial charge on any atom is -0.461 e. The van der Waals surface area contributed by atoms with E-state index in [4.69, 9.17) is 16.1 Å². The van der Waals surface area contributed by atoms with Crippen LogP contribution in [0.5, 0.6) is 6.01 Å². The lowest BCUT2D eigenvalue weighted by Crippen LogP contribution is -2.51. The van der Waals surface area contributed by atoms with E-state index >= 15 is 4.39 Å². The van der Waals surface area contributed by atoms with Crippen molar-refractivity contribution < 1.29 is 13.5 Å². The highest BCUT2D eigenvalue weighted by atomic mass is 19.1. The lowest BCUT2D eigenvalue weighted by atomic mass is 9.95. The number of benzene rings is 1. The van der Waals surface area contributed by atoms with Crippen LogP contribution in [0.3, 0.4) is 0 Å². The number of ether oxygens (including phenoxy) is 1. The molecule has 4 aliphatic rings. The SMILES string of the molecule is C#Cc1cccc2cncc(-c3ncc4c(N5CC6CCC(C5)N6)nc(OCC56CCCN5C[C@@H](F)C6)nc4c3F)c12. The van der Waals surface area contributed by atoms with E-state index < -0.39 is 12.0 Å². The number of nitrogens with zero attached hydrogens (tertiary/aromatic N) is 6. The van der Waals surface area contributed by atoms with Crippen LogP contribution in [0.25, 0.3) is 32.9 Å². The molecule has 0 spiro atoms. The predicted molar refractivity (Wildman–Crippen MR) is 157 cm³/mol. The Kier molecular flexibility index (Phi) is 6.02. The Hall–Kier alpha value is -3.94. The van der Waals surface area contributed by atoms with Crippen LogP contribution in [0.1, 0.15) is 37.7 Å². The Morgan fingerprint density at radius 1 is 1.12 bits per heavy atom. The maximum atomic E-state index is 16.6. The number of halogens is 2. The third kappa shape index (κ3) is 4.09. The second-order valence-corrected chi connectivity index (χ2v) is 12.2. The molecule has 0 saturated carbocycles. The second kappa shape index (κ2) is 9.82. The Morgan fingerprint density at radius 2 is 1.98 bits per heavy atom. The normalized spacial score (nSPS) is 27.1. The fraction of sp³-hybridized carbons (Fsp3) is 0.438. The monoisotopic (exact) mass is 567 g/mol. The summed E-state index contributed by atoms with van der Waals surface area (Å²) < 4.78 is 37.3. The summed E-state index contributed by atoms with van der Waals surface area (Å²) in [4.78, 5) is 22.8. The number of hydrogen-bond donors (Lipinski definition) is 1. The van der Waals surface area contributed by atoms with E-state index in [1.165, 1.54) is 0 Å². The van der Waals surface area contributed by atoms with Crippen molar-refractivity contribution in [2.45, 2.75) is 55.9 Å². The van der Waals surface area contributed by atoms with Crippen molar-refractivity contribution >= 4 is 27.5 Å². The molecule has 0 amide bonds. The van der Waals surface area contributed by atoms with Crippen LogP contribution in [0.2, 0.25) is 0 Å². The summed E-state index contributed by atoms with van der Waals surface area (Å²) >= 11 is 0. The van der Waals surface area contributed by atoms with Gasteiger partial charge in [0.2, 0.25) is 0 Å². The first-order valence-electron chi connectivity index (χ1n) is 14.7. The van der Waals surface area contributed by atoms with Crippen LogP contribution >= 0.6 is 0 Å². The van der Waals surface area contributed by atoms with Crippen molar-refractivity contribution in [3.8, 4) is 29.6 Å². The zero-order valence-corrected chi connectivity index (χ0v) is 23.2. The number of pyridine rings is 2. The van der Waals surface area contributed by atoms with Crippen molar-refractivity contribution in [2.24, 2.45) is 0 Å². The van der Waals surface area contributed by atoms with Gasteiger partial charge in [-0.1, -0.05) is 18.1 Å². The first kappa shape index (κ1) is 25.7. The van der Waals surface area contributed by atoms with E-state index in [1.54, 1.807) is 18.6 Å². The van der Waals surface area contributed by atoms with Gasteiger partial charge >= 0.3 is 6.01 Å². The van der Waals surface area contributed by atoms with E-state index in [9.17, 15) is 4.39 Å². The van der Waals surface area contributed by atoms with Crippen molar-refractivity contribution in [1.29, 1.82) is 0 Å². The van der Waals surface area contributed by atoms with Gasteiger partial charge in [0.1, 0.15) is 29.8 Å². The molecule has 4 saturated heterocycles. The van der Waals surface area contributed by atoms with Gasteiger partial charge < -0.3 is 15.0 Å². The highest BCUT2D eigenvalue weighted by molar-refractivity contribution is 6.01. The molecule has 7 heterocycles. The average molecular weight is 568 g/mol. The molecule has 1 aromatic carbocycles. The number of piperazine rings is 1. The summed E-state index contributed by atoms with van der Waals surface area (Å²) in [5.41, 5.74) is 1.03. The highest BCUT2D eigenvalue weighted by Crippen LogP contribution is 2.41. The minimum absolute atomic E-state index is 0.100. The molecule has 42 heavy (non-hydrogen) atoms. The number of anilines is 1. The summed E-state index contributed by atoms with van der Waals surface area (Å²) in [6.07, 6.45) is 14.4. The number of fused-ring (bicyclic) bond motifs is 5. The molecule has 4 aromatic rings. The summed E-state index contributed by atoms with van der Waals surface area (Å²) in [5.74, 6) is 2.74. The lowest BCUT2D eigenvalue weighted by molar-refractivity contribution is 0.107. The van der Waals surface area contributed by atoms with Gasteiger partial charge in [-0.05, 0) is 38.3 Å². The highest BCUT2D eigenvalue weighted by Gasteiger charge is 2.49. The van der Waals surface area contributed by atoms with Gasteiger partial charge in [-0.3, -0.25) is 14.9 Å². The van der Waals surface area contributed by atoms with E-state index in [0.29, 0.717) is 52.8 Å². The molecule has 8 rings (SSSR count). The predicted octanol–water partition coefficient (Wildman–Crippen LogP) is 4.26. The summed E-state index contributed by atoms with van der Waals surface area (Å²) in [5, 5.41) is 5.69. The zero-order valence-electron chi connectivity index (χ0n) is 23.2. The summed E-state index contributed by atoms with van der Waals surface area (Å²) in [6, 6.07) is 6.38. The van der Waals surface area contributed by atoms with Gasteiger partial charge in [-0.2, -0.15) is 9.97 Å². The standard InChI is InChI=1S/C32H31F2N7O/c1-2-19-5-3-6-20-12-35-13-24(26(19)20)28-27(34)29-25(14-36-28)30(40-16-22-7-8-23(17-40)37-22)39-31(38-29)42-18-32-9-4-10-41(32)15-21(33)11-32/h1,3,5-6,12-14,21-23,37H,4,7-11,15-18H2/t21-,22?,23?,32?/m0/s1. The maximum absolute atomic E-state index is 16.6. The van der Waals surface area contributed by atoms with Crippen molar-refractivity contribution in [2.75, 3.05) is 37.7 Å². The van der Waals surface area contributed by atoms with Crippen LogP contribution in [0.15, 0.2) is 36.8 Å². The van der Waals surface area contributed by atoms with Gasteiger partial charge in [-0.15, -0.1) is 6.42 Å². The first-order valence-corrected chi connectivity index (χ1v) is 14.7. The molecule has 0 aliphatic carbocycles. The van der Waals surface area contributed by atoms with E-state index in [0.717, 1.165) is 50.7 Å². The largest absolute Gasteiger partial charge is 0.461 e. The molecular weight excluding hydrogens is 536 g/mol. The smallest absolute Gasteiger partial charge is 0.319 e. The van der Waals surface area contributed by atoms with Crippen LogP contribution < -0.4 is 15.0 Å². The molecule has 3 unspecified atom stereocenters. The third-order valence-electron chi connectivity index (χ3n) is 9.58. The molecule has 4 aliphatic heterocycles. The molecule has 1 N–H and O–H groups in total. The minimum atomic E-state index is -0.869. The van der Waals surface area contributed by atoms with Crippen molar-refractivity contribution in [1.82, 2.24) is 30.2 Å². The van der Waals surface area contributed by atoms with E-state index in [2.05, 4.69) is 36.0 Å². The van der Waals surface area contributed by atoms with E-state index in [1.807, 2.05) is 18.2 Å². The van der Waals surface area contributed by atoms with E-state index in [-0.39, 0.29) is 29.4 Å². The Balaban J connectivity index is 1.25. The number of nitrogens with one attached hydrogen (secondary N) is 1. The fourth-order valence-electron chi connectivity index (χ4n) is 7.67. The number of terminal acetylenes is 1.